The largest absolute Gasteiger partial charge is 0.497 e. The molecule has 0 aliphatic carbocycles. The number of H-pyrrole nitrogens is 1. The van der Waals surface area contributed by atoms with Crippen LogP contribution in [0.15, 0.2) is 29.3 Å². The molecule has 9 nitrogen and oxygen atoms in total. The number of nitrogens with zero attached hydrogens (tertiary/aromatic N) is 4. The van der Waals surface area contributed by atoms with Crippen LogP contribution >= 0.6 is 24.0 Å². The van der Waals surface area contributed by atoms with E-state index in [9.17, 15) is 4.79 Å². The van der Waals surface area contributed by atoms with E-state index in [1.165, 1.54) is 7.11 Å². The zero-order chi connectivity index (χ0) is 19.9. The molecule has 1 aromatic carbocycles. The summed E-state index contributed by atoms with van der Waals surface area (Å²) in [4.78, 5) is 22.7. The van der Waals surface area contributed by atoms with Gasteiger partial charge < -0.3 is 19.7 Å². The van der Waals surface area contributed by atoms with E-state index in [4.69, 9.17) is 9.47 Å². The van der Waals surface area contributed by atoms with Gasteiger partial charge in [0.1, 0.15) is 11.6 Å². The van der Waals surface area contributed by atoms with Gasteiger partial charge in [-0.25, -0.2) is 4.98 Å². The molecule has 10 heteroatoms. The summed E-state index contributed by atoms with van der Waals surface area (Å²) >= 11 is 0. The number of carbonyl (C=O) groups excluding carboxylic acids is 1. The molecule has 0 amide bonds. The van der Waals surface area contributed by atoms with Crippen molar-refractivity contribution < 1.29 is 14.3 Å². The van der Waals surface area contributed by atoms with Gasteiger partial charge in [-0.2, -0.15) is 5.10 Å². The number of esters is 1. The van der Waals surface area contributed by atoms with Gasteiger partial charge in [0.15, 0.2) is 11.8 Å². The van der Waals surface area contributed by atoms with Gasteiger partial charge in [-0.05, 0) is 37.1 Å². The molecular weight excluding hydrogens is 487 g/mol. The second kappa shape index (κ2) is 11.0. The van der Waals surface area contributed by atoms with Gasteiger partial charge in [-0.1, -0.05) is 0 Å². The van der Waals surface area contributed by atoms with Crippen molar-refractivity contribution in [1.29, 1.82) is 0 Å². The van der Waals surface area contributed by atoms with Crippen LogP contribution < -0.4 is 10.1 Å². The highest BCUT2D eigenvalue weighted by Crippen LogP contribution is 2.20. The Morgan fingerprint density at radius 1 is 1.28 bits per heavy atom. The normalized spacial score (nSPS) is 14.9. The van der Waals surface area contributed by atoms with Crippen LogP contribution in [-0.4, -0.2) is 66.4 Å². The number of hydrogen-bond acceptors (Lipinski definition) is 6. The molecule has 0 atom stereocenters. The Hall–Kier alpha value is -2.37. The maximum Gasteiger partial charge on any atom is 0.308 e. The minimum Gasteiger partial charge on any atom is -0.497 e. The Kier molecular flexibility index (Phi) is 8.68. The van der Waals surface area contributed by atoms with Crippen LogP contribution in [0, 0.1) is 5.92 Å². The number of guanidine groups is 1. The lowest BCUT2D eigenvalue weighted by atomic mass is 9.97. The number of carbonyl (C=O) groups is 1. The second-order valence-electron chi connectivity index (χ2n) is 6.52. The third-order valence-corrected chi connectivity index (χ3v) is 4.83. The zero-order valence-corrected chi connectivity index (χ0v) is 19.2. The van der Waals surface area contributed by atoms with E-state index in [0.29, 0.717) is 12.4 Å². The van der Waals surface area contributed by atoms with Gasteiger partial charge in [0.25, 0.3) is 0 Å². The van der Waals surface area contributed by atoms with Gasteiger partial charge in [-0.3, -0.25) is 14.9 Å². The van der Waals surface area contributed by atoms with E-state index in [-0.39, 0.29) is 35.9 Å². The molecule has 2 heterocycles. The van der Waals surface area contributed by atoms with Crippen LogP contribution in [0.25, 0.3) is 11.4 Å². The van der Waals surface area contributed by atoms with Crippen LogP contribution in [0.3, 0.4) is 0 Å². The quantitative estimate of drug-likeness (QED) is 0.273. The molecule has 0 saturated carbocycles. The molecule has 2 aromatic rings. The predicted octanol–water partition coefficient (Wildman–Crippen LogP) is 2.06. The molecule has 0 unspecified atom stereocenters. The highest BCUT2D eigenvalue weighted by molar-refractivity contribution is 14.0. The first-order chi connectivity index (χ1) is 13.6. The summed E-state index contributed by atoms with van der Waals surface area (Å²) in [5.41, 5.74) is 0.914. The molecule has 1 aromatic heterocycles. The number of piperidine rings is 1. The van der Waals surface area contributed by atoms with E-state index in [1.807, 2.05) is 24.3 Å². The second-order valence-corrected chi connectivity index (χ2v) is 6.52. The molecule has 2 N–H and O–H groups in total. The molecule has 158 valence electrons. The minimum atomic E-state index is -0.129. The monoisotopic (exact) mass is 514 g/mol. The first-order valence-corrected chi connectivity index (χ1v) is 9.23. The molecular formula is C19H27IN6O3. The highest BCUT2D eigenvalue weighted by Gasteiger charge is 2.27. The fraction of sp³-hybridized carbons (Fsp3) is 0.474. The average molecular weight is 514 g/mol. The maximum atomic E-state index is 11.7. The van der Waals surface area contributed by atoms with Crippen LogP contribution in [0.5, 0.6) is 5.75 Å². The van der Waals surface area contributed by atoms with Crippen molar-refractivity contribution in [1.82, 2.24) is 25.4 Å². The van der Waals surface area contributed by atoms with Crippen molar-refractivity contribution in [3.63, 3.8) is 0 Å². The molecule has 0 bridgehead atoms. The number of ether oxygens (including phenoxy) is 2. The fourth-order valence-electron chi connectivity index (χ4n) is 3.23. The first kappa shape index (κ1) is 22.9. The van der Waals surface area contributed by atoms with Crippen molar-refractivity contribution in [2.75, 3.05) is 34.4 Å². The molecule has 1 aliphatic heterocycles. The number of aliphatic imine (C=N–C) groups is 1. The summed E-state index contributed by atoms with van der Waals surface area (Å²) in [6, 6.07) is 7.60. The summed E-state index contributed by atoms with van der Waals surface area (Å²) in [5, 5.41) is 10.5. The Morgan fingerprint density at radius 2 is 1.97 bits per heavy atom. The summed E-state index contributed by atoms with van der Waals surface area (Å²) in [5.74, 6) is 2.77. The van der Waals surface area contributed by atoms with Crippen molar-refractivity contribution in [3.8, 4) is 17.1 Å². The summed E-state index contributed by atoms with van der Waals surface area (Å²) in [7, 11) is 4.82. The van der Waals surface area contributed by atoms with Gasteiger partial charge >= 0.3 is 5.97 Å². The summed E-state index contributed by atoms with van der Waals surface area (Å²) in [6.07, 6.45) is 1.52. The van der Waals surface area contributed by atoms with E-state index in [1.54, 1.807) is 14.2 Å². The van der Waals surface area contributed by atoms with E-state index in [0.717, 1.165) is 49.0 Å². The Morgan fingerprint density at radius 3 is 2.55 bits per heavy atom. The minimum absolute atomic E-state index is 0. The maximum absolute atomic E-state index is 11.7. The van der Waals surface area contributed by atoms with Gasteiger partial charge in [-0.15, -0.1) is 24.0 Å². The number of aromatic nitrogens is 3. The lowest BCUT2D eigenvalue weighted by Gasteiger charge is -2.33. The lowest BCUT2D eigenvalue weighted by molar-refractivity contribution is -0.146. The molecule has 0 spiro atoms. The van der Waals surface area contributed by atoms with Crippen LogP contribution in [-0.2, 0) is 16.1 Å². The average Bonchev–Trinajstić information content (AvgIpc) is 3.23. The van der Waals surface area contributed by atoms with Crippen molar-refractivity contribution in [3.05, 3.63) is 30.1 Å². The fourth-order valence-corrected chi connectivity index (χ4v) is 3.23. The van der Waals surface area contributed by atoms with E-state index < -0.39 is 0 Å². The number of benzene rings is 1. The van der Waals surface area contributed by atoms with Crippen molar-refractivity contribution in [2.24, 2.45) is 10.9 Å². The molecule has 3 rings (SSSR count). The topological polar surface area (TPSA) is 105 Å². The Balaban J connectivity index is 0.00000300. The summed E-state index contributed by atoms with van der Waals surface area (Å²) < 4.78 is 10.0. The van der Waals surface area contributed by atoms with Gasteiger partial charge in [0.05, 0.1) is 26.7 Å². The van der Waals surface area contributed by atoms with Crippen LogP contribution in [0.1, 0.15) is 18.7 Å². The number of aromatic amines is 1. The molecule has 1 saturated heterocycles. The van der Waals surface area contributed by atoms with Crippen LogP contribution in [0.2, 0.25) is 0 Å². The SMILES string of the molecule is CN=C(NCc1nc(-c2ccc(OC)cc2)n[nH]1)N1CCC(C(=O)OC)CC1.I. The van der Waals surface area contributed by atoms with E-state index >= 15 is 0 Å². The third-order valence-electron chi connectivity index (χ3n) is 4.83. The highest BCUT2D eigenvalue weighted by atomic mass is 127. The zero-order valence-electron chi connectivity index (χ0n) is 16.8. The number of methoxy groups -OCH3 is 2. The van der Waals surface area contributed by atoms with Gasteiger partial charge in [0.2, 0.25) is 0 Å². The Bertz CT molecular complexity index is 816. The molecule has 1 fully saturated rings. The van der Waals surface area contributed by atoms with Gasteiger partial charge in [0, 0.05) is 25.7 Å². The Labute approximate surface area is 187 Å². The number of nitrogens with one attached hydrogen (secondary N) is 2. The standard InChI is InChI=1S/C19H26N6O3.HI/c1-20-19(25-10-8-14(9-11-25)18(26)28-3)21-12-16-22-17(24-23-16)13-4-6-15(27-2)7-5-13;/h4-7,14H,8-12H2,1-3H3,(H,20,21)(H,22,23,24);1H. The van der Waals surface area contributed by atoms with E-state index in [2.05, 4.69) is 30.4 Å². The molecule has 29 heavy (non-hydrogen) atoms. The number of likely N-dealkylation sites (tertiary alicyclic amines) is 1. The molecule has 1 aliphatic rings. The number of rotatable bonds is 5. The smallest absolute Gasteiger partial charge is 0.308 e. The van der Waals surface area contributed by atoms with Crippen molar-refractivity contribution >= 4 is 35.9 Å². The lowest BCUT2D eigenvalue weighted by Crippen LogP contribution is -2.46. The number of hydrogen-bond donors (Lipinski definition) is 2. The number of halogens is 1. The third kappa shape index (κ3) is 5.81. The molecule has 0 radical (unpaired) electrons. The van der Waals surface area contributed by atoms with Crippen LogP contribution in [0.4, 0.5) is 0 Å². The predicted molar refractivity (Wildman–Crippen MR) is 120 cm³/mol. The first-order valence-electron chi connectivity index (χ1n) is 9.23. The van der Waals surface area contributed by atoms with Crippen molar-refractivity contribution in [2.45, 2.75) is 19.4 Å². The summed E-state index contributed by atoms with van der Waals surface area (Å²) in [6.45, 7) is 1.99.